The van der Waals surface area contributed by atoms with E-state index in [9.17, 15) is 22.4 Å². The van der Waals surface area contributed by atoms with Crippen LogP contribution < -0.4 is 10.1 Å². The molecule has 1 saturated heterocycles. The van der Waals surface area contributed by atoms with Crippen molar-refractivity contribution in [1.29, 1.82) is 0 Å². The zero-order valence-electron chi connectivity index (χ0n) is 17.5. The molecule has 2 aromatic rings. The van der Waals surface area contributed by atoms with Gasteiger partial charge in [-0.25, -0.2) is 12.8 Å². The molecule has 0 bridgehead atoms. The third-order valence-electron chi connectivity index (χ3n) is 5.52. The Labute approximate surface area is 185 Å². The lowest BCUT2D eigenvalue weighted by atomic mass is 10.0. The van der Waals surface area contributed by atoms with Crippen LogP contribution in [0.15, 0.2) is 41.3 Å². The number of hydrogen-bond donors (Lipinski definition) is 1. The molecule has 2 aromatic carbocycles. The number of Topliss-reactive ketones (excluding diaryl/α,β-unsaturated/α-hetero) is 1. The van der Waals surface area contributed by atoms with Crippen molar-refractivity contribution in [3.8, 4) is 5.75 Å². The summed E-state index contributed by atoms with van der Waals surface area (Å²) in [6, 6.07) is 8.41. The number of nitrogens with zero attached hydrogens (tertiary/aromatic N) is 1. The molecule has 4 rings (SSSR count). The van der Waals surface area contributed by atoms with E-state index in [1.54, 1.807) is 6.92 Å². The average molecular weight is 462 g/mol. The Morgan fingerprint density at radius 3 is 2.56 bits per heavy atom. The fourth-order valence-electron chi connectivity index (χ4n) is 3.93. The monoisotopic (exact) mass is 462 g/mol. The second-order valence-corrected chi connectivity index (χ2v) is 9.68. The van der Waals surface area contributed by atoms with Crippen LogP contribution >= 0.6 is 0 Å². The van der Waals surface area contributed by atoms with Gasteiger partial charge in [-0.2, -0.15) is 4.31 Å². The Balaban J connectivity index is 1.39. The minimum absolute atomic E-state index is 0.128. The smallest absolute Gasteiger partial charge is 0.262 e. The van der Waals surface area contributed by atoms with Crippen LogP contribution in [-0.2, 0) is 19.6 Å². The van der Waals surface area contributed by atoms with Gasteiger partial charge in [-0.05, 0) is 42.3 Å². The van der Waals surface area contributed by atoms with Crippen LogP contribution in [0.3, 0.4) is 0 Å². The summed E-state index contributed by atoms with van der Waals surface area (Å²) in [6.07, 6.45) is 0.207. The lowest BCUT2D eigenvalue weighted by Crippen LogP contribution is -2.40. The van der Waals surface area contributed by atoms with Crippen LogP contribution in [0.25, 0.3) is 0 Å². The van der Waals surface area contributed by atoms with Crippen LogP contribution in [0, 0.1) is 5.82 Å². The molecule has 170 valence electrons. The van der Waals surface area contributed by atoms with Crippen LogP contribution in [0.4, 0.5) is 10.1 Å². The number of morpholine rings is 1. The number of ketones is 1. The van der Waals surface area contributed by atoms with Crippen molar-refractivity contribution in [1.82, 2.24) is 4.31 Å². The Kier molecular flexibility index (Phi) is 6.27. The van der Waals surface area contributed by atoms with Crippen molar-refractivity contribution >= 4 is 27.4 Å². The van der Waals surface area contributed by atoms with Gasteiger partial charge >= 0.3 is 0 Å². The van der Waals surface area contributed by atoms with Crippen LogP contribution in [0.2, 0.25) is 0 Å². The number of carbonyl (C=O) groups excluding carboxylic acids is 2. The quantitative estimate of drug-likeness (QED) is 0.708. The molecule has 10 heteroatoms. The average Bonchev–Trinajstić information content (AvgIpc) is 3.09. The molecule has 8 nitrogen and oxygen atoms in total. The number of sulfonamides is 1. The van der Waals surface area contributed by atoms with Crippen molar-refractivity contribution in [3.05, 3.63) is 53.3 Å². The molecule has 32 heavy (non-hydrogen) atoms. The lowest BCUT2D eigenvalue weighted by molar-refractivity contribution is -0.118. The maximum absolute atomic E-state index is 14.1. The lowest BCUT2D eigenvalue weighted by Gasteiger charge is -2.26. The summed E-state index contributed by atoms with van der Waals surface area (Å²) in [6.45, 7) is 2.70. The summed E-state index contributed by atoms with van der Waals surface area (Å²) in [5, 5.41) is 2.62. The van der Waals surface area contributed by atoms with Gasteiger partial charge in [0, 0.05) is 30.8 Å². The summed E-state index contributed by atoms with van der Waals surface area (Å²) in [5.41, 5.74) is 0.918. The summed E-state index contributed by atoms with van der Waals surface area (Å²) >= 11 is 0. The summed E-state index contributed by atoms with van der Waals surface area (Å²) < 4.78 is 51.4. The van der Waals surface area contributed by atoms with Gasteiger partial charge in [0.25, 0.3) is 5.91 Å². The number of rotatable bonds is 6. The maximum Gasteiger partial charge on any atom is 0.262 e. The SMILES string of the molecule is C[C@@H]1CC(=O)c2c(OCC(=O)Nc3ccc(S(=O)(=O)N4CCOCC4)cc3)ccc(F)c21. The molecule has 0 spiro atoms. The highest BCUT2D eigenvalue weighted by Crippen LogP contribution is 2.39. The first-order chi connectivity index (χ1) is 15.3. The predicted octanol–water partition coefficient (Wildman–Crippen LogP) is 2.55. The van der Waals surface area contributed by atoms with Gasteiger partial charge in [0.05, 0.1) is 23.7 Å². The first-order valence-corrected chi connectivity index (χ1v) is 11.7. The van der Waals surface area contributed by atoms with Crippen molar-refractivity contribution in [2.24, 2.45) is 0 Å². The second kappa shape index (κ2) is 8.97. The van der Waals surface area contributed by atoms with E-state index in [0.717, 1.165) is 0 Å². The standard InChI is InChI=1S/C22H23FN2O6S/c1-14-12-18(26)22-19(7-6-17(23)21(14)22)31-13-20(27)24-15-2-4-16(5-3-15)32(28,29)25-8-10-30-11-9-25/h2-7,14H,8-13H2,1H3,(H,24,27)/t14-/m1/s1. The number of anilines is 1. The Morgan fingerprint density at radius 2 is 1.88 bits per heavy atom. The zero-order chi connectivity index (χ0) is 22.9. The Hall–Kier alpha value is -2.82. The molecule has 2 aliphatic rings. The van der Waals surface area contributed by atoms with Crippen LogP contribution in [-0.4, -0.2) is 57.3 Å². The van der Waals surface area contributed by atoms with Gasteiger partial charge in [-0.3, -0.25) is 9.59 Å². The van der Waals surface area contributed by atoms with E-state index in [-0.39, 0.29) is 40.9 Å². The molecule has 1 aliphatic carbocycles. The number of fused-ring (bicyclic) bond motifs is 1. The molecule has 1 amide bonds. The molecule has 0 saturated carbocycles. The number of carbonyl (C=O) groups is 2. The molecule has 1 aliphatic heterocycles. The predicted molar refractivity (Wildman–Crippen MR) is 114 cm³/mol. The normalized spacial score (nSPS) is 18.9. The van der Waals surface area contributed by atoms with Crippen molar-refractivity contribution < 1.29 is 31.9 Å². The fourth-order valence-corrected chi connectivity index (χ4v) is 5.34. The molecular weight excluding hydrogens is 439 g/mol. The molecule has 1 fully saturated rings. The number of halogens is 1. The van der Waals surface area contributed by atoms with Crippen molar-refractivity contribution in [2.75, 3.05) is 38.2 Å². The molecule has 1 atom stereocenters. The topological polar surface area (TPSA) is 102 Å². The van der Waals surface area contributed by atoms with E-state index < -0.39 is 21.7 Å². The third kappa shape index (κ3) is 4.38. The van der Waals surface area contributed by atoms with E-state index in [2.05, 4.69) is 5.32 Å². The third-order valence-corrected chi connectivity index (χ3v) is 7.43. The van der Waals surface area contributed by atoms with Gasteiger partial charge in [-0.1, -0.05) is 6.92 Å². The zero-order valence-corrected chi connectivity index (χ0v) is 18.3. The van der Waals surface area contributed by atoms with Gasteiger partial charge in [0.2, 0.25) is 10.0 Å². The van der Waals surface area contributed by atoms with Gasteiger partial charge < -0.3 is 14.8 Å². The minimum Gasteiger partial charge on any atom is -0.483 e. The fraction of sp³-hybridized carbons (Fsp3) is 0.364. The number of benzene rings is 2. The van der Waals surface area contributed by atoms with Crippen molar-refractivity contribution in [3.63, 3.8) is 0 Å². The second-order valence-electron chi connectivity index (χ2n) is 7.74. The summed E-state index contributed by atoms with van der Waals surface area (Å²) in [4.78, 5) is 24.6. The minimum atomic E-state index is -3.62. The van der Waals surface area contributed by atoms with Crippen LogP contribution in [0.5, 0.6) is 5.75 Å². The van der Waals surface area contributed by atoms with E-state index in [0.29, 0.717) is 37.6 Å². The van der Waals surface area contributed by atoms with E-state index in [1.807, 2.05) is 0 Å². The highest BCUT2D eigenvalue weighted by atomic mass is 32.2. The molecule has 0 radical (unpaired) electrons. The first kappa shape index (κ1) is 22.4. The van der Waals surface area contributed by atoms with E-state index in [1.165, 1.54) is 40.7 Å². The molecular formula is C22H23FN2O6S. The van der Waals surface area contributed by atoms with Gasteiger partial charge in [0.1, 0.15) is 11.6 Å². The highest BCUT2D eigenvalue weighted by molar-refractivity contribution is 7.89. The molecule has 0 unspecified atom stereocenters. The largest absolute Gasteiger partial charge is 0.483 e. The summed E-state index contributed by atoms with van der Waals surface area (Å²) in [5.74, 6) is -1.22. The first-order valence-electron chi connectivity index (χ1n) is 10.2. The molecule has 1 N–H and O–H groups in total. The van der Waals surface area contributed by atoms with E-state index >= 15 is 0 Å². The number of hydrogen-bond acceptors (Lipinski definition) is 6. The molecule has 1 heterocycles. The van der Waals surface area contributed by atoms with Crippen LogP contribution in [0.1, 0.15) is 35.2 Å². The van der Waals surface area contributed by atoms with Gasteiger partial charge in [-0.15, -0.1) is 0 Å². The Morgan fingerprint density at radius 1 is 1.19 bits per heavy atom. The summed E-state index contributed by atoms with van der Waals surface area (Å²) in [7, 11) is -3.62. The Bertz CT molecular complexity index is 1140. The number of amides is 1. The molecule has 0 aromatic heterocycles. The van der Waals surface area contributed by atoms with Crippen molar-refractivity contribution in [2.45, 2.75) is 24.2 Å². The maximum atomic E-state index is 14.1. The number of nitrogens with one attached hydrogen (secondary N) is 1. The highest BCUT2D eigenvalue weighted by Gasteiger charge is 2.32. The van der Waals surface area contributed by atoms with E-state index in [4.69, 9.17) is 9.47 Å². The van der Waals surface area contributed by atoms with Gasteiger partial charge in [0.15, 0.2) is 12.4 Å². The number of ether oxygens (including phenoxy) is 2.